The molecule has 0 aliphatic rings. The zero-order chi connectivity index (χ0) is 13.8. The molecular formula is C16H20FNS. The Morgan fingerprint density at radius 3 is 2.58 bits per heavy atom. The monoisotopic (exact) mass is 277 g/mol. The molecule has 1 aromatic heterocycles. The summed E-state index contributed by atoms with van der Waals surface area (Å²) in [5.74, 6) is -0.170. The van der Waals surface area contributed by atoms with Crippen LogP contribution in [-0.4, -0.2) is 6.54 Å². The van der Waals surface area contributed by atoms with Gasteiger partial charge in [-0.15, -0.1) is 11.3 Å². The maximum atomic E-state index is 13.2. The standard InChI is InChI=1S/C16H20FNS/c1-4-13-7-9-15(19-13)16(18-5-2)14-8-6-12(17)10-11(14)3/h6-10,16,18H,4-5H2,1-3H3. The summed E-state index contributed by atoms with van der Waals surface area (Å²) < 4.78 is 13.2. The predicted octanol–water partition coefficient (Wildman–Crippen LogP) is 4.46. The van der Waals surface area contributed by atoms with Gasteiger partial charge >= 0.3 is 0 Å². The molecule has 0 spiro atoms. The zero-order valence-corrected chi connectivity index (χ0v) is 12.5. The summed E-state index contributed by atoms with van der Waals surface area (Å²) in [6.07, 6.45) is 1.06. The summed E-state index contributed by atoms with van der Waals surface area (Å²) >= 11 is 1.83. The van der Waals surface area contributed by atoms with E-state index in [9.17, 15) is 4.39 Å². The van der Waals surface area contributed by atoms with E-state index in [-0.39, 0.29) is 11.9 Å². The van der Waals surface area contributed by atoms with Crippen molar-refractivity contribution in [2.24, 2.45) is 0 Å². The van der Waals surface area contributed by atoms with Crippen LogP contribution in [0.1, 0.15) is 40.8 Å². The van der Waals surface area contributed by atoms with Crippen molar-refractivity contribution in [3.63, 3.8) is 0 Å². The molecule has 0 saturated heterocycles. The molecule has 0 radical (unpaired) electrons. The van der Waals surface area contributed by atoms with Gasteiger partial charge in [0, 0.05) is 9.75 Å². The molecule has 3 heteroatoms. The minimum Gasteiger partial charge on any atom is -0.306 e. The maximum Gasteiger partial charge on any atom is 0.123 e. The largest absolute Gasteiger partial charge is 0.306 e. The first-order valence-corrected chi connectivity index (χ1v) is 7.55. The molecule has 102 valence electrons. The van der Waals surface area contributed by atoms with Crippen LogP contribution < -0.4 is 5.32 Å². The third-order valence-electron chi connectivity index (χ3n) is 3.27. The number of nitrogens with one attached hydrogen (secondary N) is 1. The van der Waals surface area contributed by atoms with E-state index in [0.29, 0.717) is 0 Å². The Morgan fingerprint density at radius 1 is 1.21 bits per heavy atom. The first kappa shape index (κ1) is 14.2. The van der Waals surface area contributed by atoms with Crippen molar-refractivity contribution in [1.82, 2.24) is 5.32 Å². The summed E-state index contributed by atoms with van der Waals surface area (Å²) in [7, 11) is 0. The minimum atomic E-state index is -0.170. The highest BCUT2D eigenvalue weighted by Gasteiger charge is 2.17. The van der Waals surface area contributed by atoms with Crippen LogP contribution in [0.15, 0.2) is 30.3 Å². The second kappa shape index (κ2) is 6.31. The second-order valence-electron chi connectivity index (χ2n) is 4.65. The van der Waals surface area contributed by atoms with Crippen molar-refractivity contribution in [1.29, 1.82) is 0 Å². The Morgan fingerprint density at radius 2 is 2.00 bits per heavy atom. The Labute approximate surface area is 118 Å². The van der Waals surface area contributed by atoms with E-state index >= 15 is 0 Å². The van der Waals surface area contributed by atoms with Crippen LogP contribution in [0.5, 0.6) is 0 Å². The van der Waals surface area contributed by atoms with E-state index in [1.165, 1.54) is 9.75 Å². The van der Waals surface area contributed by atoms with E-state index in [1.807, 2.05) is 24.3 Å². The van der Waals surface area contributed by atoms with Crippen LogP contribution >= 0.6 is 11.3 Å². The number of thiophene rings is 1. The summed E-state index contributed by atoms with van der Waals surface area (Å²) in [4.78, 5) is 2.69. The molecule has 0 fully saturated rings. The van der Waals surface area contributed by atoms with Crippen molar-refractivity contribution in [3.8, 4) is 0 Å². The zero-order valence-electron chi connectivity index (χ0n) is 11.7. The van der Waals surface area contributed by atoms with Gasteiger partial charge in [-0.2, -0.15) is 0 Å². The average molecular weight is 277 g/mol. The summed E-state index contributed by atoms with van der Waals surface area (Å²) in [5.41, 5.74) is 2.16. The van der Waals surface area contributed by atoms with Gasteiger partial charge < -0.3 is 5.32 Å². The van der Waals surface area contributed by atoms with Crippen LogP contribution in [0.25, 0.3) is 0 Å². The molecule has 1 heterocycles. The lowest BCUT2D eigenvalue weighted by atomic mass is 10.00. The lowest BCUT2D eigenvalue weighted by Crippen LogP contribution is -2.21. The highest BCUT2D eigenvalue weighted by molar-refractivity contribution is 7.12. The van der Waals surface area contributed by atoms with E-state index in [2.05, 4.69) is 31.3 Å². The molecule has 0 aliphatic carbocycles. The Kier molecular flexibility index (Phi) is 4.72. The SMILES string of the molecule is CCNC(c1ccc(CC)s1)c1ccc(F)cc1C. The van der Waals surface area contributed by atoms with E-state index in [1.54, 1.807) is 12.1 Å². The molecule has 1 aromatic carbocycles. The fourth-order valence-corrected chi connectivity index (χ4v) is 3.32. The molecule has 1 atom stereocenters. The summed E-state index contributed by atoms with van der Waals surface area (Å²) in [6.45, 7) is 7.12. The first-order valence-electron chi connectivity index (χ1n) is 6.73. The number of aryl methyl sites for hydroxylation is 2. The van der Waals surface area contributed by atoms with Gasteiger partial charge in [-0.3, -0.25) is 0 Å². The fourth-order valence-electron chi connectivity index (χ4n) is 2.27. The van der Waals surface area contributed by atoms with Crippen LogP contribution in [0.4, 0.5) is 4.39 Å². The van der Waals surface area contributed by atoms with Crippen LogP contribution in [0.2, 0.25) is 0 Å². The van der Waals surface area contributed by atoms with E-state index in [4.69, 9.17) is 0 Å². The molecule has 0 saturated carbocycles. The quantitative estimate of drug-likeness (QED) is 0.851. The van der Waals surface area contributed by atoms with Gasteiger partial charge in [-0.05, 0) is 55.3 Å². The van der Waals surface area contributed by atoms with Gasteiger partial charge in [0.25, 0.3) is 0 Å². The normalized spacial score (nSPS) is 12.6. The second-order valence-corrected chi connectivity index (χ2v) is 5.85. The van der Waals surface area contributed by atoms with Gasteiger partial charge in [0.1, 0.15) is 5.82 Å². The molecule has 2 rings (SSSR count). The highest BCUT2D eigenvalue weighted by Crippen LogP contribution is 2.30. The Hall–Kier alpha value is -1.19. The highest BCUT2D eigenvalue weighted by atomic mass is 32.1. The third-order valence-corrected chi connectivity index (χ3v) is 4.56. The van der Waals surface area contributed by atoms with Gasteiger partial charge in [0.15, 0.2) is 0 Å². The lowest BCUT2D eigenvalue weighted by molar-refractivity contribution is 0.613. The molecule has 0 amide bonds. The van der Waals surface area contributed by atoms with E-state index < -0.39 is 0 Å². The van der Waals surface area contributed by atoms with Crippen LogP contribution in [0.3, 0.4) is 0 Å². The van der Waals surface area contributed by atoms with Crippen molar-refractivity contribution in [2.45, 2.75) is 33.2 Å². The molecule has 1 N–H and O–H groups in total. The van der Waals surface area contributed by atoms with Gasteiger partial charge in [0.05, 0.1) is 6.04 Å². The van der Waals surface area contributed by atoms with Crippen molar-refractivity contribution < 1.29 is 4.39 Å². The smallest absolute Gasteiger partial charge is 0.123 e. The summed E-state index contributed by atoms with van der Waals surface area (Å²) in [5, 5.41) is 3.50. The van der Waals surface area contributed by atoms with Gasteiger partial charge in [0.2, 0.25) is 0 Å². The van der Waals surface area contributed by atoms with Crippen molar-refractivity contribution in [2.75, 3.05) is 6.54 Å². The van der Waals surface area contributed by atoms with Crippen LogP contribution in [0, 0.1) is 12.7 Å². The fraction of sp³-hybridized carbons (Fsp3) is 0.375. The third kappa shape index (κ3) is 3.23. The number of hydrogen-bond donors (Lipinski definition) is 1. The minimum absolute atomic E-state index is 0.163. The van der Waals surface area contributed by atoms with Gasteiger partial charge in [-0.25, -0.2) is 4.39 Å². The maximum absolute atomic E-state index is 13.2. The molecule has 0 aliphatic heterocycles. The Balaban J connectivity index is 2.38. The molecule has 19 heavy (non-hydrogen) atoms. The summed E-state index contributed by atoms with van der Waals surface area (Å²) in [6, 6.07) is 9.57. The topological polar surface area (TPSA) is 12.0 Å². The molecular weight excluding hydrogens is 257 g/mol. The molecule has 2 aromatic rings. The number of halogens is 1. The van der Waals surface area contributed by atoms with Gasteiger partial charge in [-0.1, -0.05) is 19.9 Å². The molecule has 0 bridgehead atoms. The van der Waals surface area contributed by atoms with Crippen LogP contribution in [-0.2, 0) is 6.42 Å². The number of hydrogen-bond acceptors (Lipinski definition) is 2. The van der Waals surface area contributed by atoms with E-state index in [0.717, 1.165) is 24.1 Å². The van der Waals surface area contributed by atoms with Crippen molar-refractivity contribution in [3.05, 3.63) is 57.0 Å². The first-order chi connectivity index (χ1) is 9.15. The number of rotatable bonds is 5. The van der Waals surface area contributed by atoms with Crippen molar-refractivity contribution >= 4 is 11.3 Å². The Bertz CT molecular complexity index is 547. The average Bonchev–Trinajstić information content (AvgIpc) is 2.85. The lowest BCUT2D eigenvalue weighted by Gasteiger charge is -2.19. The molecule has 1 unspecified atom stereocenters. The number of benzene rings is 1. The predicted molar refractivity (Wildman–Crippen MR) is 80.4 cm³/mol. The molecule has 1 nitrogen and oxygen atoms in total.